The molecule has 0 bridgehead atoms. The predicted molar refractivity (Wildman–Crippen MR) is 145 cm³/mol. The molecule has 1 N–H and O–H groups in total. The molecule has 0 radical (unpaired) electrons. The average Bonchev–Trinajstić information content (AvgIpc) is 2.97. The fourth-order valence-electron chi connectivity index (χ4n) is 4.17. The van der Waals surface area contributed by atoms with Gasteiger partial charge in [-0.1, -0.05) is 103 Å². The highest BCUT2D eigenvalue weighted by atomic mass is 16.6. The summed E-state index contributed by atoms with van der Waals surface area (Å²) in [6, 6.07) is 31.3. The lowest BCUT2D eigenvalue weighted by Crippen LogP contribution is -2.45. The number of hydrogen-bond donors (Lipinski definition) is 1. The van der Waals surface area contributed by atoms with Crippen LogP contribution in [-0.4, -0.2) is 35.2 Å². The molecule has 39 heavy (non-hydrogen) atoms. The summed E-state index contributed by atoms with van der Waals surface area (Å²) in [6.07, 6.45) is 0.0123. The van der Waals surface area contributed by atoms with Crippen molar-refractivity contribution in [2.45, 2.75) is 18.4 Å². The molecule has 4 aromatic rings. The molecule has 0 spiro atoms. The largest absolute Gasteiger partial charge is 0.456 e. The van der Waals surface area contributed by atoms with E-state index in [1.807, 2.05) is 60.7 Å². The maximum Gasteiger partial charge on any atom is 0.329 e. The van der Waals surface area contributed by atoms with Crippen LogP contribution >= 0.6 is 0 Å². The van der Waals surface area contributed by atoms with Crippen LogP contribution in [0.3, 0.4) is 0 Å². The van der Waals surface area contributed by atoms with Crippen molar-refractivity contribution in [2.75, 3.05) is 6.61 Å². The number of nitro groups is 1. The molecule has 0 aliphatic heterocycles. The molecule has 1 amide bonds. The Kier molecular flexibility index (Phi) is 8.92. The van der Waals surface area contributed by atoms with E-state index < -0.39 is 35.4 Å². The van der Waals surface area contributed by atoms with Gasteiger partial charge in [-0.15, -0.1) is 0 Å². The van der Waals surface area contributed by atoms with Gasteiger partial charge >= 0.3 is 5.97 Å². The van der Waals surface area contributed by atoms with Crippen molar-refractivity contribution in [3.05, 3.63) is 148 Å². The first kappa shape index (κ1) is 26.9. The predicted octanol–water partition coefficient (Wildman–Crippen LogP) is 4.88. The number of nitrogens with zero attached hydrogens (tertiary/aromatic N) is 1. The Labute approximate surface area is 225 Å². The van der Waals surface area contributed by atoms with Crippen LogP contribution in [0.4, 0.5) is 5.69 Å². The molecule has 0 fully saturated rings. The smallest absolute Gasteiger partial charge is 0.329 e. The van der Waals surface area contributed by atoms with Crippen LogP contribution in [0.1, 0.15) is 33.0 Å². The third-order valence-electron chi connectivity index (χ3n) is 6.16. The van der Waals surface area contributed by atoms with Crippen LogP contribution in [0.5, 0.6) is 0 Å². The van der Waals surface area contributed by atoms with E-state index in [4.69, 9.17) is 4.74 Å². The number of nitro benzene ring substituents is 1. The molecule has 196 valence electrons. The highest BCUT2D eigenvalue weighted by Crippen LogP contribution is 2.25. The summed E-state index contributed by atoms with van der Waals surface area (Å²) in [5.41, 5.74) is 2.36. The number of amides is 1. The minimum atomic E-state index is -1.14. The number of carbonyl (C=O) groups excluding carboxylic acids is 3. The lowest BCUT2D eigenvalue weighted by atomic mass is 9.90. The number of non-ortho nitro benzene ring substituents is 1. The molecule has 1 atom stereocenters. The topological polar surface area (TPSA) is 116 Å². The van der Waals surface area contributed by atoms with Crippen LogP contribution in [0.15, 0.2) is 115 Å². The SMILES string of the molecule is O=C(COC(=O)[C@@H](Cc1ccc([N+](=O)[O-])cc1)NC(=O)C(c1ccccc1)c1ccccc1)c1ccccc1. The Morgan fingerprint density at radius 3 is 1.77 bits per heavy atom. The van der Waals surface area contributed by atoms with Gasteiger partial charge in [-0.05, 0) is 16.7 Å². The third kappa shape index (κ3) is 7.23. The fourth-order valence-corrected chi connectivity index (χ4v) is 4.17. The highest BCUT2D eigenvalue weighted by molar-refractivity contribution is 5.98. The molecule has 0 aromatic heterocycles. The van der Waals surface area contributed by atoms with Crippen LogP contribution in [-0.2, 0) is 20.7 Å². The van der Waals surface area contributed by atoms with Gasteiger partial charge in [0.1, 0.15) is 6.04 Å². The molecule has 4 rings (SSSR count). The molecule has 0 unspecified atom stereocenters. The van der Waals surface area contributed by atoms with Gasteiger partial charge in [0.15, 0.2) is 12.4 Å². The van der Waals surface area contributed by atoms with Gasteiger partial charge in [0.2, 0.25) is 5.91 Å². The maximum atomic E-state index is 13.7. The minimum absolute atomic E-state index is 0.0123. The number of carbonyl (C=O) groups is 3. The Morgan fingerprint density at radius 1 is 0.744 bits per heavy atom. The zero-order valence-corrected chi connectivity index (χ0v) is 20.9. The zero-order valence-electron chi connectivity index (χ0n) is 20.9. The zero-order chi connectivity index (χ0) is 27.6. The summed E-state index contributed by atoms with van der Waals surface area (Å²) in [7, 11) is 0. The average molecular weight is 523 g/mol. The number of rotatable bonds is 11. The highest BCUT2D eigenvalue weighted by Gasteiger charge is 2.29. The number of ketones is 1. The quantitative estimate of drug-likeness (QED) is 0.130. The van der Waals surface area contributed by atoms with Gasteiger partial charge in [-0.2, -0.15) is 0 Å². The van der Waals surface area contributed by atoms with E-state index in [0.717, 1.165) is 11.1 Å². The number of benzene rings is 4. The van der Waals surface area contributed by atoms with E-state index >= 15 is 0 Å². The maximum absolute atomic E-state index is 13.7. The molecular weight excluding hydrogens is 496 g/mol. The van der Waals surface area contributed by atoms with Gasteiger partial charge < -0.3 is 10.1 Å². The van der Waals surface area contributed by atoms with Gasteiger partial charge in [-0.3, -0.25) is 19.7 Å². The van der Waals surface area contributed by atoms with Crippen LogP contribution in [0.25, 0.3) is 0 Å². The fraction of sp³-hybridized carbons (Fsp3) is 0.129. The molecule has 8 nitrogen and oxygen atoms in total. The van der Waals surface area contributed by atoms with E-state index in [9.17, 15) is 24.5 Å². The van der Waals surface area contributed by atoms with Crippen molar-refractivity contribution >= 4 is 23.3 Å². The molecule has 4 aromatic carbocycles. The molecule has 0 heterocycles. The summed E-state index contributed by atoms with van der Waals surface area (Å²) in [5.74, 6) is -2.29. The number of nitrogens with one attached hydrogen (secondary N) is 1. The Hall–Kier alpha value is -5.11. The van der Waals surface area contributed by atoms with Gasteiger partial charge in [-0.25, -0.2) is 4.79 Å². The first-order chi connectivity index (χ1) is 18.9. The van der Waals surface area contributed by atoms with Crippen LogP contribution in [0, 0.1) is 10.1 Å². The lowest BCUT2D eigenvalue weighted by Gasteiger charge is -2.23. The number of Topliss-reactive ketones (excluding diaryl/α,β-unsaturated/α-hetero) is 1. The standard InChI is InChI=1S/C31H26N2O6/c34-28(23-10-4-1-5-11-23)21-39-31(36)27(20-22-16-18-26(19-17-22)33(37)38)32-30(35)29(24-12-6-2-7-13-24)25-14-8-3-9-15-25/h1-19,27,29H,20-21H2,(H,32,35)/t27-/m1/s1. The summed E-state index contributed by atoms with van der Waals surface area (Å²) < 4.78 is 5.34. The van der Waals surface area contributed by atoms with Gasteiger partial charge in [0.25, 0.3) is 5.69 Å². The Morgan fingerprint density at radius 2 is 1.26 bits per heavy atom. The van der Waals surface area contributed by atoms with Gasteiger partial charge in [0, 0.05) is 24.1 Å². The second-order valence-corrected chi connectivity index (χ2v) is 8.84. The monoisotopic (exact) mass is 522 g/mol. The number of esters is 1. The van der Waals surface area contributed by atoms with Crippen molar-refractivity contribution in [3.8, 4) is 0 Å². The normalized spacial score (nSPS) is 11.4. The molecule has 0 saturated carbocycles. The van der Waals surface area contributed by atoms with Crippen molar-refractivity contribution in [1.82, 2.24) is 5.32 Å². The summed E-state index contributed by atoms with van der Waals surface area (Å²) in [5, 5.41) is 13.8. The van der Waals surface area contributed by atoms with Crippen molar-refractivity contribution in [3.63, 3.8) is 0 Å². The van der Waals surface area contributed by atoms with E-state index in [2.05, 4.69) is 5.32 Å². The van der Waals surface area contributed by atoms with Crippen molar-refractivity contribution in [2.24, 2.45) is 0 Å². The third-order valence-corrected chi connectivity index (χ3v) is 6.16. The molecule has 0 saturated heterocycles. The summed E-state index contributed by atoms with van der Waals surface area (Å²) in [6.45, 7) is -0.490. The number of hydrogen-bond acceptors (Lipinski definition) is 6. The van der Waals surface area contributed by atoms with Crippen LogP contribution in [0.2, 0.25) is 0 Å². The van der Waals surface area contributed by atoms with Crippen molar-refractivity contribution < 1.29 is 24.0 Å². The lowest BCUT2D eigenvalue weighted by molar-refractivity contribution is -0.384. The Bertz CT molecular complexity index is 1390. The molecule has 0 aliphatic carbocycles. The van der Waals surface area contributed by atoms with E-state index in [0.29, 0.717) is 11.1 Å². The van der Waals surface area contributed by atoms with Crippen LogP contribution < -0.4 is 5.32 Å². The first-order valence-electron chi connectivity index (χ1n) is 12.3. The second-order valence-electron chi connectivity index (χ2n) is 8.84. The first-order valence-corrected chi connectivity index (χ1v) is 12.3. The van der Waals surface area contributed by atoms with Crippen molar-refractivity contribution in [1.29, 1.82) is 0 Å². The van der Waals surface area contributed by atoms with E-state index in [1.54, 1.807) is 30.3 Å². The molecule has 0 aliphatic rings. The Balaban J connectivity index is 1.57. The summed E-state index contributed by atoms with van der Waals surface area (Å²) >= 11 is 0. The van der Waals surface area contributed by atoms with E-state index in [-0.39, 0.29) is 17.9 Å². The van der Waals surface area contributed by atoms with Gasteiger partial charge in [0.05, 0.1) is 10.8 Å². The molecule has 8 heteroatoms. The second kappa shape index (κ2) is 12.9. The summed E-state index contributed by atoms with van der Waals surface area (Å²) in [4.78, 5) is 49.9. The molecular formula is C31H26N2O6. The number of ether oxygens (including phenoxy) is 1. The van der Waals surface area contributed by atoms with E-state index in [1.165, 1.54) is 24.3 Å². The minimum Gasteiger partial charge on any atom is -0.456 e.